The monoisotopic (exact) mass is 215 g/mol. The topological polar surface area (TPSA) is 20.3 Å². The summed E-state index contributed by atoms with van der Waals surface area (Å²) >= 11 is 0. The summed E-state index contributed by atoms with van der Waals surface area (Å²) in [6.45, 7) is 0.806. The molecule has 2 nitrogen and oxygen atoms in total. The summed E-state index contributed by atoms with van der Waals surface area (Å²) in [6, 6.07) is 10.9. The van der Waals surface area contributed by atoms with Gasteiger partial charge in [0.25, 0.3) is 0 Å². The lowest BCUT2D eigenvalue weighted by molar-refractivity contribution is -0.133. The zero-order valence-electron chi connectivity index (χ0n) is 9.43. The third-order valence-electron chi connectivity index (χ3n) is 3.39. The molecule has 2 aliphatic rings. The van der Waals surface area contributed by atoms with Crippen LogP contribution in [0, 0.1) is 5.92 Å². The Labute approximate surface area is 96.3 Å². The third-order valence-corrected chi connectivity index (χ3v) is 3.39. The van der Waals surface area contributed by atoms with E-state index in [1.165, 1.54) is 18.4 Å². The molecular formula is C14H17NO. The predicted octanol–water partition coefficient (Wildman–Crippen LogP) is 2.59. The Morgan fingerprint density at radius 3 is 2.38 bits per heavy atom. The van der Waals surface area contributed by atoms with Crippen LogP contribution in [-0.2, 0) is 11.3 Å². The second kappa shape index (κ2) is 3.93. The van der Waals surface area contributed by atoms with Crippen LogP contribution in [0.15, 0.2) is 30.3 Å². The van der Waals surface area contributed by atoms with Gasteiger partial charge in [0.05, 0.1) is 0 Å². The van der Waals surface area contributed by atoms with Crippen LogP contribution < -0.4 is 0 Å². The molecule has 0 aliphatic heterocycles. The molecule has 2 fully saturated rings. The summed E-state index contributed by atoms with van der Waals surface area (Å²) in [5.74, 6) is 0.746. The summed E-state index contributed by atoms with van der Waals surface area (Å²) in [7, 11) is 0. The Hall–Kier alpha value is -1.31. The van der Waals surface area contributed by atoms with E-state index in [-0.39, 0.29) is 0 Å². The standard InChI is InChI=1S/C14H17NO/c16-14(12-6-7-12)15(13-8-9-13)10-11-4-2-1-3-5-11/h1-5,12-13H,6-10H2. The van der Waals surface area contributed by atoms with E-state index in [2.05, 4.69) is 17.0 Å². The number of nitrogens with zero attached hydrogens (tertiary/aromatic N) is 1. The van der Waals surface area contributed by atoms with Gasteiger partial charge >= 0.3 is 0 Å². The highest BCUT2D eigenvalue weighted by molar-refractivity contribution is 5.81. The lowest BCUT2D eigenvalue weighted by Crippen LogP contribution is -2.33. The SMILES string of the molecule is O=C(C1CC1)N(Cc1ccccc1)C1CC1. The molecule has 0 unspecified atom stereocenters. The van der Waals surface area contributed by atoms with Crippen molar-refractivity contribution in [2.45, 2.75) is 38.3 Å². The zero-order chi connectivity index (χ0) is 11.0. The first-order valence-corrected chi connectivity index (χ1v) is 6.19. The molecule has 0 N–H and O–H groups in total. The van der Waals surface area contributed by atoms with Crippen molar-refractivity contribution in [1.29, 1.82) is 0 Å². The van der Waals surface area contributed by atoms with Crippen LogP contribution >= 0.6 is 0 Å². The fourth-order valence-corrected chi connectivity index (χ4v) is 2.12. The summed E-state index contributed by atoms with van der Waals surface area (Å²) in [5.41, 5.74) is 1.25. The van der Waals surface area contributed by atoms with Gasteiger partial charge in [-0.25, -0.2) is 0 Å². The van der Waals surface area contributed by atoms with E-state index in [4.69, 9.17) is 0 Å². The number of hydrogen-bond donors (Lipinski definition) is 0. The minimum Gasteiger partial charge on any atom is -0.335 e. The smallest absolute Gasteiger partial charge is 0.226 e. The molecule has 0 radical (unpaired) electrons. The Balaban J connectivity index is 1.71. The van der Waals surface area contributed by atoms with Gasteiger partial charge in [-0.1, -0.05) is 30.3 Å². The number of carbonyl (C=O) groups excluding carboxylic acids is 1. The molecule has 1 aromatic rings. The maximum Gasteiger partial charge on any atom is 0.226 e. The first kappa shape index (κ1) is 9.88. The molecule has 0 aromatic heterocycles. The van der Waals surface area contributed by atoms with Crippen molar-refractivity contribution in [3.05, 3.63) is 35.9 Å². The van der Waals surface area contributed by atoms with Crippen molar-refractivity contribution in [3.63, 3.8) is 0 Å². The fourth-order valence-electron chi connectivity index (χ4n) is 2.12. The van der Waals surface area contributed by atoms with E-state index in [0.717, 1.165) is 19.4 Å². The van der Waals surface area contributed by atoms with Gasteiger partial charge in [-0.2, -0.15) is 0 Å². The number of hydrogen-bond acceptors (Lipinski definition) is 1. The Morgan fingerprint density at radius 2 is 1.81 bits per heavy atom. The van der Waals surface area contributed by atoms with Crippen molar-refractivity contribution >= 4 is 5.91 Å². The van der Waals surface area contributed by atoms with E-state index in [1.807, 2.05) is 18.2 Å². The van der Waals surface area contributed by atoms with Crippen LogP contribution in [0.25, 0.3) is 0 Å². The number of carbonyl (C=O) groups is 1. The maximum absolute atomic E-state index is 12.1. The molecule has 0 bridgehead atoms. The third kappa shape index (κ3) is 2.11. The van der Waals surface area contributed by atoms with Crippen LogP contribution in [0.2, 0.25) is 0 Å². The molecule has 2 saturated carbocycles. The molecule has 0 spiro atoms. The van der Waals surface area contributed by atoms with Gasteiger partial charge in [0.2, 0.25) is 5.91 Å². The molecule has 84 valence electrons. The van der Waals surface area contributed by atoms with Gasteiger partial charge in [-0.15, -0.1) is 0 Å². The quantitative estimate of drug-likeness (QED) is 0.756. The second-order valence-corrected chi connectivity index (χ2v) is 4.96. The minimum atomic E-state index is 0.351. The normalized spacial score (nSPS) is 19.5. The van der Waals surface area contributed by atoms with Crippen molar-refractivity contribution in [2.24, 2.45) is 5.92 Å². The van der Waals surface area contributed by atoms with Gasteiger partial charge in [0, 0.05) is 18.5 Å². The molecule has 1 aromatic carbocycles. The largest absolute Gasteiger partial charge is 0.335 e. The van der Waals surface area contributed by atoms with Crippen LogP contribution in [0.3, 0.4) is 0 Å². The summed E-state index contributed by atoms with van der Waals surface area (Å²) < 4.78 is 0. The van der Waals surface area contributed by atoms with Crippen LogP contribution in [0.5, 0.6) is 0 Å². The Bertz CT molecular complexity index is 379. The average Bonchev–Trinajstić information content (AvgIpc) is 3.19. The number of rotatable bonds is 4. The lowest BCUT2D eigenvalue weighted by Gasteiger charge is -2.22. The molecule has 2 heteroatoms. The van der Waals surface area contributed by atoms with Crippen molar-refractivity contribution in [3.8, 4) is 0 Å². The maximum atomic E-state index is 12.1. The summed E-state index contributed by atoms with van der Waals surface area (Å²) in [6.07, 6.45) is 4.62. The van der Waals surface area contributed by atoms with E-state index < -0.39 is 0 Å². The zero-order valence-corrected chi connectivity index (χ0v) is 9.43. The van der Waals surface area contributed by atoms with Gasteiger partial charge in [-0.05, 0) is 31.2 Å². The van der Waals surface area contributed by atoms with Crippen molar-refractivity contribution < 1.29 is 4.79 Å². The van der Waals surface area contributed by atoms with Crippen molar-refractivity contribution in [2.75, 3.05) is 0 Å². The van der Waals surface area contributed by atoms with E-state index in [0.29, 0.717) is 17.9 Å². The number of benzene rings is 1. The molecule has 0 heterocycles. The Kier molecular flexibility index (Phi) is 2.43. The van der Waals surface area contributed by atoms with Crippen molar-refractivity contribution in [1.82, 2.24) is 4.90 Å². The summed E-state index contributed by atoms with van der Waals surface area (Å²) in [4.78, 5) is 14.2. The molecule has 0 atom stereocenters. The Morgan fingerprint density at radius 1 is 1.12 bits per heavy atom. The average molecular weight is 215 g/mol. The highest BCUT2D eigenvalue weighted by Crippen LogP contribution is 2.36. The van der Waals surface area contributed by atoms with E-state index in [9.17, 15) is 4.79 Å². The highest BCUT2D eigenvalue weighted by atomic mass is 16.2. The molecule has 16 heavy (non-hydrogen) atoms. The molecule has 0 saturated heterocycles. The van der Waals surface area contributed by atoms with Gasteiger partial charge < -0.3 is 4.90 Å². The second-order valence-electron chi connectivity index (χ2n) is 4.96. The van der Waals surface area contributed by atoms with E-state index in [1.54, 1.807) is 0 Å². The first-order valence-electron chi connectivity index (χ1n) is 6.19. The number of amides is 1. The predicted molar refractivity (Wildman–Crippen MR) is 62.7 cm³/mol. The lowest BCUT2D eigenvalue weighted by atomic mass is 10.2. The fraction of sp³-hybridized carbons (Fsp3) is 0.500. The van der Waals surface area contributed by atoms with Gasteiger partial charge in [0.1, 0.15) is 0 Å². The molecule has 3 rings (SSSR count). The molecular weight excluding hydrogens is 198 g/mol. The van der Waals surface area contributed by atoms with Gasteiger partial charge in [-0.3, -0.25) is 4.79 Å². The van der Waals surface area contributed by atoms with Crippen LogP contribution in [0.4, 0.5) is 0 Å². The first-order chi connectivity index (χ1) is 7.84. The van der Waals surface area contributed by atoms with E-state index >= 15 is 0 Å². The molecule has 2 aliphatic carbocycles. The molecule has 1 amide bonds. The van der Waals surface area contributed by atoms with Crippen LogP contribution in [-0.4, -0.2) is 16.8 Å². The highest BCUT2D eigenvalue weighted by Gasteiger charge is 2.39. The van der Waals surface area contributed by atoms with Crippen LogP contribution in [0.1, 0.15) is 31.2 Å². The summed E-state index contributed by atoms with van der Waals surface area (Å²) in [5, 5.41) is 0. The van der Waals surface area contributed by atoms with Gasteiger partial charge in [0.15, 0.2) is 0 Å². The minimum absolute atomic E-state index is 0.351.